The minimum absolute atomic E-state index is 0.437. The van der Waals surface area contributed by atoms with Gasteiger partial charge in [0.25, 0.3) is 11.7 Å². The molecule has 0 saturated carbocycles. The van der Waals surface area contributed by atoms with Crippen molar-refractivity contribution in [2.24, 2.45) is 0 Å². The molecule has 1 heterocycles. The van der Waals surface area contributed by atoms with Crippen LogP contribution in [-0.4, -0.2) is 11.7 Å². The number of ketones is 1. The minimum atomic E-state index is -0.557. The van der Waals surface area contributed by atoms with Gasteiger partial charge in [-0.25, -0.2) is 0 Å². The summed E-state index contributed by atoms with van der Waals surface area (Å²) in [6.45, 7) is 2.09. The zero-order chi connectivity index (χ0) is 15.0. The lowest BCUT2D eigenvalue weighted by Gasteiger charge is -2.08. The van der Waals surface area contributed by atoms with Crippen LogP contribution in [0, 0.1) is 6.92 Å². The van der Waals surface area contributed by atoms with E-state index >= 15 is 0 Å². The fourth-order valence-electron chi connectivity index (χ4n) is 2.18. The number of nitrogens with one attached hydrogen (secondary N) is 1. The number of amides is 1. The molecule has 1 aliphatic heterocycles. The summed E-state index contributed by atoms with van der Waals surface area (Å²) in [5.74, 6) is -0.189. The Kier molecular flexibility index (Phi) is 3.87. The minimum Gasteiger partial charge on any atom is -0.318 e. The highest BCUT2D eigenvalue weighted by molar-refractivity contribution is 9.10. The van der Waals surface area contributed by atoms with Crippen molar-refractivity contribution in [3.05, 3.63) is 57.6 Å². The summed E-state index contributed by atoms with van der Waals surface area (Å²) in [6, 6.07) is 11.8. The molecule has 0 fully saturated rings. The van der Waals surface area contributed by atoms with E-state index in [4.69, 9.17) is 0 Å². The summed E-state index contributed by atoms with van der Waals surface area (Å²) >= 11 is 5.15. The number of carbonyl (C=O) groups is 2. The Morgan fingerprint density at radius 2 is 1.95 bits per heavy atom. The van der Waals surface area contributed by atoms with Gasteiger partial charge in [-0.2, -0.15) is 0 Å². The first-order chi connectivity index (χ1) is 10.1. The van der Waals surface area contributed by atoms with Gasteiger partial charge in [0.2, 0.25) is 0 Å². The summed E-state index contributed by atoms with van der Waals surface area (Å²) in [6.07, 6.45) is 0. The SMILES string of the molecule is Cc1ccccc1CSc1cc2c(cc1Br)C(=O)C(=O)N2. The average Bonchev–Trinajstić information content (AvgIpc) is 2.73. The van der Waals surface area contributed by atoms with Gasteiger partial charge in [-0.3, -0.25) is 9.59 Å². The number of aryl methyl sites for hydroxylation is 1. The normalized spacial score (nSPS) is 13.2. The molecule has 106 valence electrons. The van der Waals surface area contributed by atoms with Crippen molar-refractivity contribution in [3.8, 4) is 0 Å². The van der Waals surface area contributed by atoms with E-state index < -0.39 is 11.7 Å². The first kappa shape index (κ1) is 14.4. The molecule has 5 heteroatoms. The van der Waals surface area contributed by atoms with Crippen molar-refractivity contribution in [3.63, 3.8) is 0 Å². The number of hydrogen-bond donors (Lipinski definition) is 1. The Hall–Kier alpha value is -1.59. The molecule has 0 bridgehead atoms. The van der Waals surface area contributed by atoms with Crippen molar-refractivity contribution >= 4 is 45.1 Å². The molecular weight excluding hydrogens is 350 g/mol. The Morgan fingerprint density at radius 3 is 2.71 bits per heavy atom. The van der Waals surface area contributed by atoms with E-state index in [0.29, 0.717) is 11.3 Å². The maximum absolute atomic E-state index is 11.6. The lowest BCUT2D eigenvalue weighted by Crippen LogP contribution is -2.12. The third kappa shape index (κ3) is 2.76. The van der Waals surface area contributed by atoms with E-state index in [-0.39, 0.29) is 0 Å². The van der Waals surface area contributed by atoms with Gasteiger partial charge in [0, 0.05) is 15.1 Å². The van der Waals surface area contributed by atoms with Crippen LogP contribution >= 0.6 is 27.7 Å². The zero-order valence-electron chi connectivity index (χ0n) is 11.3. The molecule has 0 aliphatic carbocycles. The van der Waals surface area contributed by atoms with E-state index in [1.807, 2.05) is 18.2 Å². The van der Waals surface area contributed by atoms with Crippen LogP contribution in [0.15, 0.2) is 45.8 Å². The van der Waals surface area contributed by atoms with Gasteiger partial charge in [-0.1, -0.05) is 24.3 Å². The lowest BCUT2D eigenvalue weighted by molar-refractivity contribution is -0.112. The van der Waals surface area contributed by atoms with E-state index in [9.17, 15) is 9.59 Å². The maximum atomic E-state index is 11.6. The third-order valence-electron chi connectivity index (χ3n) is 3.42. The Bertz CT molecular complexity index is 758. The second-order valence-electron chi connectivity index (χ2n) is 4.83. The predicted molar refractivity (Wildman–Crippen MR) is 87.8 cm³/mol. The van der Waals surface area contributed by atoms with Gasteiger partial charge >= 0.3 is 0 Å². The van der Waals surface area contributed by atoms with E-state index in [1.165, 1.54) is 11.1 Å². The van der Waals surface area contributed by atoms with Crippen LogP contribution in [0.25, 0.3) is 0 Å². The number of carbonyl (C=O) groups excluding carboxylic acids is 2. The number of hydrogen-bond acceptors (Lipinski definition) is 3. The van der Waals surface area contributed by atoms with Crippen molar-refractivity contribution in [1.82, 2.24) is 0 Å². The molecule has 2 aromatic carbocycles. The van der Waals surface area contributed by atoms with Crippen LogP contribution in [0.4, 0.5) is 5.69 Å². The highest BCUT2D eigenvalue weighted by Gasteiger charge is 2.28. The van der Waals surface area contributed by atoms with Crippen LogP contribution < -0.4 is 5.32 Å². The summed E-state index contributed by atoms with van der Waals surface area (Å²) in [5, 5.41) is 2.60. The van der Waals surface area contributed by atoms with Crippen molar-refractivity contribution in [1.29, 1.82) is 0 Å². The third-order valence-corrected chi connectivity index (χ3v) is 5.44. The standard InChI is InChI=1S/C16H12BrNO2S/c1-9-4-2-3-5-10(9)8-21-14-7-13-11(6-12(14)17)15(19)16(20)18-13/h2-7H,8H2,1H3,(H,18,19,20). The van der Waals surface area contributed by atoms with Crippen molar-refractivity contribution < 1.29 is 9.59 Å². The molecule has 0 saturated heterocycles. The number of Topliss-reactive ketones (excluding diaryl/α,β-unsaturated/α-hetero) is 1. The molecule has 2 aromatic rings. The summed E-state index contributed by atoms with van der Waals surface area (Å²) < 4.78 is 0.838. The topological polar surface area (TPSA) is 46.2 Å². The fraction of sp³-hybridized carbons (Fsp3) is 0.125. The smallest absolute Gasteiger partial charge is 0.296 e. The monoisotopic (exact) mass is 361 g/mol. The molecule has 0 unspecified atom stereocenters. The largest absolute Gasteiger partial charge is 0.318 e. The fourth-order valence-corrected chi connectivity index (χ4v) is 3.90. The van der Waals surface area contributed by atoms with Crippen LogP contribution in [0.5, 0.6) is 0 Å². The van der Waals surface area contributed by atoms with Crippen molar-refractivity contribution in [2.45, 2.75) is 17.6 Å². The number of fused-ring (bicyclic) bond motifs is 1. The molecule has 3 nitrogen and oxygen atoms in total. The van der Waals surface area contributed by atoms with Gasteiger partial charge in [0.1, 0.15) is 0 Å². The molecule has 1 N–H and O–H groups in total. The quantitative estimate of drug-likeness (QED) is 0.658. The van der Waals surface area contributed by atoms with Crippen LogP contribution in [0.1, 0.15) is 21.5 Å². The lowest BCUT2D eigenvalue weighted by atomic mass is 10.1. The van der Waals surface area contributed by atoms with E-state index in [2.05, 4.69) is 40.3 Å². The number of halogens is 1. The predicted octanol–water partition coefficient (Wildman–Crippen LogP) is 4.18. The van der Waals surface area contributed by atoms with Crippen LogP contribution in [0.3, 0.4) is 0 Å². The molecule has 0 atom stereocenters. The first-order valence-corrected chi connectivity index (χ1v) is 8.20. The van der Waals surface area contributed by atoms with Gasteiger partial charge in [0.15, 0.2) is 0 Å². The zero-order valence-corrected chi connectivity index (χ0v) is 13.7. The van der Waals surface area contributed by atoms with Gasteiger partial charge < -0.3 is 5.32 Å². The summed E-state index contributed by atoms with van der Waals surface area (Å²) in [5.41, 5.74) is 3.56. The maximum Gasteiger partial charge on any atom is 0.296 e. The molecule has 0 spiro atoms. The molecule has 1 aliphatic rings. The summed E-state index contributed by atoms with van der Waals surface area (Å²) in [4.78, 5) is 24.0. The molecule has 0 aromatic heterocycles. The molecule has 3 rings (SSSR count). The second kappa shape index (κ2) is 5.66. The van der Waals surface area contributed by atoms with Gasteiger partial charge in [-0.05, 0) is 46.1 Å². The van der Waals surface area contributed by atoms with Crippen molar-refractivity contribution in [2.75, 3.05) is 5.32 Å². The van der Waals surface area contributed by atoms with Gasteiger partial charge in [0.05, 0.1) is 11.3 Å². The highest BCUT2D eigenvalue weighted by Crippen LogP contribution is 2.37. The van der Waals surface area contributed by atoms with Crippen LogP contribution in [0.2, 0.25) is 0 Å². The Labute approximate surface area is 135 Å². The molecule has 0 radical (unpaired) electrons. The Balaban J connectivity index is 1.85. The second-order valence-corrected chi connectivity index (χ2v) is 6.70. The first-order valence-electron chi connectivity index (χ1n) is 6.43. The Morgan fingerprint density at radius 1 is 1.19 bits per heavy atom. The van der Waals surface area contributed by atoms with E-state index in [1.54, 1.807) is 17.8 Å². The average molecular weight is 362 g/mol. The number of anilines is 1. The summed E-state index contributed by atoms with van der Waals surface area (Å²) in [7, 11) is 0. The molecule has 21 heavy (non-hydrogen) atoms. The van der Waals surface area contributed by atoms with Crippen LogP contribution in [-0.2, 0) is 10.5 Å². The highest BCUT2D eigenvalue weighted by atomic mass is 79.9. The number of benzene rings is 2. The molecule has 1 amide bonds. The molecular formula is C16H12BrNO2S. The number of thioether (sulfide) groups is 1. The van der Waals surface area contributed by atoms with E-state index in [0.717, 1.165) is 15.1 Å². The van der Waals surface area contributed by atoms with Gasteiger partial charge in [-0.15, -0.1) is 11.8 Å². The number of rotatable bonds is 3.